The van der Waals surface area contributed by atoms with Crippen LogP contribution in [0, 0.1) is 6.92 Å². The number of aromatic nitrogens is 2. The van der Waals surface area contributed by atoms with Crippen LogP contribution >= 0.6 is 0 Å². The van der Waals surface area contributed by atoms with Crippen molar-refractivity contribution < 1.29 is 13.2 Å². The van der Waals surface area contributed by atoms with E-state index in [4.69, 9.17) is 10.5 Å². The smallest absolute Gasteiger partial charge is 0.244 e. The maximum Gasteiger partial charge on any atom is 0.244 e. The van der Waals surface area contributed by atoms with Gasteiger partial charge in [-0.1, -0.05) is 0 Å². The number of nitrogens with two attached hydrogens (primary N) is 1. The van der Waals surface area contributed by atoms with Gasteiger partial charge in [0.1, 0.15) is 4.90 Å². The molecule has 7 nitrogen and oxygen atoms in total. The summed E-state index contributed by atoms with van der Waals surface area (Å²) < 4.78 is 32.5. The monoisotopic (exact) mass is 290 g/mol. The summed E-state index contributed by atoms with van der Waals surface area (Å²) in [4.78, 5) is 0.127. The van der Waals surface area contributed by atoms with E-state index >= 15 is 0 Å². The third kappa shape index (κ3) is 4.00. The Morgan fingerprint density at radius 1 is 1.47 bits per heavy atom. The number of sulfonamides is 1. The lowest BCUT2D eigenvalue weighted by atomic mass is 10.1. The first-order chi connectivity index (χ1) is 8.73. The SMILES string of the molecule is CCOC(C)(C)CNS(=O)(=O)c1c(CN)n[nH]c1C. The Morgan fingerprint density at radius 3 is 2.63 bits per heavy atom. The van der Waals surface area contributed by atoms with Gasteiger partial charge in [-0.25, -0.2) is 13.1 Å². The summed E-state index contributed by atoms with van der Waals surface area (Å²) in [5.74, 6) is 0. The van der Waals surface area contributed by atoms with Crippen molar-refractivity contribution in [1.82, 2.24) is 14.9 Å². The highest BCUT2D eigenvalue weighted by molar-refractivity contribution is 7.89. The predicted octanol–water partition coefficient (Wildman–Crippen LogP) is 0.270. The molecule has 0 fully saturated rings. The molecule has 1 aromatic heterocycles. The lowest BCUT2D eigenvalue weighted by Crippen LogP contribution is -2.40. The van der Waals surface area contributed by atoms with E-state index in [9.17, 15) is 8.42 Å². The summed E-state index contributed by atoms with van der Waals surface area (Å²) >= 11 is 0. The molecule has 0 saturated carbocycles. The second kappa shape index (κ2) is 6.00. The molecule has 0 aliphatic rings. The van der Waals surface area contributed by atoms with Crippen LogP contribution in [0.25, 0.3) is 0 Å². The molecule has 0 bridgehead atoms. The fourth-order valence-corrected chi connectivity index (χ4v) is 3.32. The molecule has 8 heteroatoms. The molecule has 1 heterocycles. The summed E-state index contributed by atoms with van der Waals surface area (Å²) in [5.41, 5.74) is 5.73. The first-order valence-corrected chi connectivity index (χ1v) is 7.59. The minimum atomic E-state index is -3.65. The average molecular weight is 290 g/mol. The molecule has 0 aliphatic heterocycles. The average Bonchev–Trinajstić information content (AvgIpc) is 2.69. The highest BCUT2D eigenvalue weighted by atomic mass is 32.2. The molecule has 1 rings (SSSR count). The Bertz CT molecular complexity index is 522. The van der Waals surface area contributed by atoms with Crippen LogP contribution < -0.4 is 10.5 Å². The van der Waals surface area contributed by atoms with Crippen LogP contribution in [0.4, 0.5) is 0 Å². The van der Waals surface area contributed by atoms with Gasteiger partial charge in [0, 0.05) is 19.7 Å². The zero-order valence-electron chi connectivity index (χ0n) is 11.8. The molecule has 0 aromatic carbocycles. The van der Waals surface area contributed by atoms with Crippen LogP contribution in [-0.2, 0) is 21.3 Å². The van der Waals surface area contributed by atoms with Crippen molar-refractivity contribution in [3.05, 3.63) is 11.4 Å². The van der Waals surface area contributed by atoms with E-state index in [0.29, 0.717) is 18.0 Å². The Hall–Kier alpha value is -0.960. The van der Waals surface area contributed by atoms with Crippen LogP contribution in [0.1, 0.15) is 32.2 Å². The van der Waals surface area contributed by atoms with E-state index in [-0.39, 0.29) is 18.0 Å². The second-order valence-corrected chi connectivity index (χ2v) is 6.55. The third-order valence-corrected chi connectivity index (χ3v) is 4.25. The highest BCUT2D eigenvalue weighted by Crippen LogP contribution is 2.18. The molecule has 0 amide bonds. The van der Waals surface area contributed by atoms with Gasteiger partial charge in [-0.15, -0.1) is 0 Å². The van der Waals surface area contributed by atoms with E-state index in [1.165, 1.54) is 0 Å². The van der Waals surface area contributed by atoms with E-state index in [1.807, 2.05) is 20.8 Å². The molecule has 0 spiro atoms. The number of H-pyrrole nitrogens is 1. The molecule has 19 heavy (non-hydrogen) atoms. The van der Waals surface area contributed by atoms with E-state index in [1.54, 1.807) is 6.92 Å². The van der Waals surface area contributed by atoms with Gasteiger partial charge in [-0.2, -0.15) is 5.10 Å². The molecule has 0 atom stereocenters. The fraction of sp³-hybridized carbons (Fsp3) is 0.727. The van der Waals surface area contributed by atoms with E-state index in [0.717, 1.165) is 0 Å². The standard InChI is InChI=1S/C11H22N4O3S/c1-5-18-11(3,4)7-13-19(16,17)10-8(2)14-15-9(10)6-12/h13H,5-7,12H2,1-4H3,(H,14,15). The lowest BCUT2D eigenvalue weighted by molar-refractivity contribution is -0.00515. The topological polar surface area (TPSA) is 110 Å². The van der Waals surface area contributed by atoms with Gasteiger partial charge in [0.25, 0.3) is 0 Å². The summed E-state index contributed by atoms with van der Waals surface area (Å²) in [6.07, 6.45) is 0. The van der Waals surface area contributed by atoms with Crippen LogP contribution in [0.5, 0.6) is 0 Å². The van der Waals surface area contributed by atoms with Gasteiger partial charge in [-0.3, -0.25) is 5.10 Å². The van der Waals surface area contributed by atoms with E-state index < -0.39 is 15.6 Å². The van der Waals surface area contributed by atoms with Gasteiger partial charge < -0.3 is 10.5 Å². The van der Waals surface area contributed by atoms with Crippen molar-refractivity contribution >= 4 is 10.0 Å². The van der Waals surface area contributed by atoms with Crippen LogP contribution in [0.2, 0.25) is 0 Å². The quantitative estimate of drug-likeness (QED) is 0.667. The largest absolute Gasteiger partial charge is 0.375 e. The molecule has 110 valence electrons. The number of nitrogens with zero attached hydrogens (tertiary/aromatic N) is 1. The Labute approximate surface area is 114 Å². The zero-order valence-corrected chi connectivity index (χ0v) is 12.6. The van der Waals surface area contributed by atoms with Crippen molar-refractivity contribution in [2.45, 2.75) is 44.7 Å². The normalized spacial score (nSPS) is 12.9. The minimum absolute atomic E-state index is 0.0649. The predicted molar refractivity (Wildman–Crippen MR) is 72.1 cm³/mol. The van der Waals surface area contributed by atoms with Crippen molar-refractivity contribution in [1.29, 1.82) is 0 Å². The fourth-order valence-electron chi connectivity index (χ4n) is 1.75. The molecule has 1 aromatic rings. The first-order valence-electron chi connectivity index (χ1n) is 6.11. The number of nitrogens with one attached hydrogen (secondary N) is 2. The second-order valence-electron chi connectivity index (χ2n) is 4.85. The Balaban J connectivity index is 2.90. The molecule has 0 aliphatic carbocycles. The molecule has 0 saturated heterocycles. The number of aryl methyl sites for hydroxylation is 1. The molecule has 0 radical (unpaired) electrons. The number of aromatic amines is 1. The molecule has 0 unspecified atom stereocenters. The summed E-state index contributed by atoms with van der Waals surface area (Å²) in [6.45, 7) is 7.92. The highest BCUT2D eigenvalue weighted by Gasteiger charge is 2.27. The Morgan fingerprint density at radius 2 is 2.11 bits per heavy atom. The summed E-state index contributed by atoms with van der Waals surface area (Å²) in [6, 6.07) is 0. The van der Waals surface area contributed by atoms with Gasteiger partial charge in [0.15, 0.2) is 0 Å². The lowest BCUT2D eigenvalue weighted by Gasteiger charge is -2.24. The summed E-state index contributed by atoms with van der Waals surface area (Å²) in [5, 5.41) is 6.52. The zero-order chi connectivity index (χ0) is 14.7. The van der Waals surface area contributed by atoms with Crippen molar-refractivity contribution in [2.24, 2.45) is 5.73 Å². The van der Waals surface area contributed by atoms with Gasteiger partial charge >= 0.3 is 0 Å². The number of ether oxygens (including phenoxy) is 1. The van der Waals surface area contributed by atoms with Gasteiger partial charge in [0.05, 0.1) is 17.0 Å². The maximum absolute atomic E-state index is 12.3. The van der Waals surface area contributed by atoms with Crippen LogP contribution in [0.15, 0.2) is 4.90 Å². The number of hydrogen-bond acceptors (Lipinski definition) is 5. The molecular weight excluding hydrogens is 268 g/mol. The maximum atomic E-state index is 12.3. The first kappa shape index (κ1) is 16.1. The summed E-state index contributed by atoms with van der Waals surface area (Å²) in [7, 11) is -3.65. The van der Waals surface area contributed by atoms with Crippen LogP contribution in [0.3, 0.4) is 0 Å². The van der Waals surface area contributed by atoms with Gasteiger partial charge in [0.2, 0.25) is 10.0 Å². The molecule has 4 N–H and O–H groups in total. The number of rotatable bonds is 7. The minimum Gasteiger partial charge on any atom is -0.375 e. The third-order valence-electron chi connectivity index (χ3n) is 2.65. The van der Waals surface area contributed by atoms with Crippen molar-refractivity contribution in [2.75, 3.05) is 13.2 Å². The van der Waals surface area contributed by atoms with Crippen molar-refractivity contribution in [3.63, 3.8) is 0 Å². The van der Waals surface area contributed by atoms with Crippen molar-refractivity contribution in [3.8, 4) is 0 Å². The van der Waals surface area contributed by atoms with Crippen LogP contribution in [-0.4, -0.2) is 37.4 Å². The van der Waals surface area contributed by atoms with E-state index in [2.05, 4.69) is 14.9 Å². The van der Waals surface area contributed by atoms with Gasteiger partial charge in [-0.05, 0) is 27.7 Å². The molecular formula is C11H22N4O3S. The number of hydrogen-bond donors (Lipinski definition) is 3. The Kier molecular flexibility index (Phi) is 5.08.